The van der Waals surface area contributed by atoms with Gasteiger partial charge in [-0.1, -0.05) is 30.3 Å². The molecular formula is C16H16ClN5O. The number of carbonyl (C=O) groups is 1. The average molecular weight is 330 g/mol. The molecule has 0 bridgehead atoms. The second kappa shape index (κ2) is 6.34. The van der Waals surface area contributed by atoms with Gasteiger partial charge in [-0.25, -0.2) is 9.97 Å². The van der Waals surface area contributed by atoms with Crippen LogP contribution in [0.3, 0.4) is 0 Å². The molecule has 1 fully saturated rings. The summed E-state index contributed by atoms with van der Waals surface area (Å²) in [5.41, 5.74) is 1.25. The lowest BCUT2D eigenvalue weighted by atomic mass is 10.1. The van der Waals surface area contributed by atoms with Crippen molar-refractivity contribution in [2.45, 2.75) is 18.4 Å². The summed E-state index contributed by atoms with van der Waals surface area (Å²) in [4.78, 5) is 25.7. The van der Waals surface area contributed by atoms with Crippen molar-refractivity contribution < 1.29 is 4.79 Å². The van der Waals surface area contributed by atoms with Crippen LogP contribution in [0.1, 0.15) is 17.9 Å². The largest absolute Gasteiger partial charge is 0.340 e. The topological polar surface area (TPSA) is 71.0 Å². The molecule has 3 rings (SSSR count). The van der Waals surface area contributed by atoms with E-state index in [0.29, 0.717) is 17.9 Å². The predicted octanol–water partition coefficient (Wildman–Crippen LogP) is 2.64. The highest BCUT2D eigenvalue weighted by atomic mass is 35.5. The molecule has 0 aliphatic heterocycles. The fourth-order valence-electron chi connectivity index (χ4n) is 2.51. The van der Waals surface area contributed by atoms with Crippen molar-refractivity contribution in [1.29, 1.82) is 0 Å². The molecule has 0 radical (unpaired) electrons. The molecule has 1 amide bonds. The average Bonchev–Trinajstić information content (AvgIpc) is 3.35. The molecule has 0 saturated heterocycles. The molecule has 2 unspecified atom stereocenters. The highest BCUT2D eigenvalue weighted by molar-refractivity contribution is 6.30. The van der Waals surface area contributed by atoms with E-state index in [-0.39, 0.29) is 11.9 Å². The summed E-state index contributed by atoms with van der Waals surface area (Å²) in [5, 5.41) is 3.27. The zero-order valence-electron chi connectivity index (χ0n) is 12.6. The Bertz CT molecular complexity index is 734. The van der Waals surface area contributed by atoms with Gasteiger partial charge >= 0.3 is 0 Å². The van der Waals surface area contributed by atoms with E-state index in [0.717, 1.165) is 11.4 Å². The Balaban J connectivity index is 1.70. The van der Waals surface area contributed by atoms with Crippen LogP contribution in [-0.4, -0.2) is 33.9 Å². The minimum Gasteiger partial charge on any atom is -0.340 e. The number of halogens is 1. The maximum absolute atomic E-state index is 11.3. The third-order valence-corrected chi connectivity index (χ3v) is 4.10. The second-order valence-electron chi connectivity index (χ2n) is 5.37. The minimum atomic E-state index is -0.352. The van der Waals surface area contributed by atoms with Crippen LogP contribution in [0.4, 0.5) is 11.9 Å². The van der Waals surface area contributed by atoms with Gasteiger partial charge in [0.2, 0.25) is 17.8 Å². The van der Waals surface area contributed by atoms with Gasteiger partial charge in [-0.3, -0.25) is 10.1 Å². The van der Waals surface area contributed by atoms with E-state index in [4.69, 9.17) is 11.6 Å². The second-order valence-corrected chi connectivity index (χ2v) is 5.81. The summed E-state index contributed by atoms with van der Waals surface area (Å²) in [6.45, 7) is 3.40. The van der Waals surface area contributed by atoms with Crippen LogP contribution in [0.5, 0.6) is 0 Å². The fraction of sp³-hybridized carbons (Fsp3) is 0.250. The molecule has 1 saturated carbocycles. The molecular weight excluding hydrogens is 314 g/mol. The van der Waals surface area contributed by atoms with Crippen LogP contribution < -0.4 is 10.2 Å². The monoisotopic (exact) mass is 329 g/mol. The van der Waals surface area contributed by atoms with Crippen molar-refractivity contribution in [3.05, 3.63) is 53.8 Å². The Morgan fingerprint density at radius 1 is 1.39 bits per heavy atom. The highest BCUT2D eigenvalue weighted by Gasteiger charge is 2.42. The number of nitrogens with zero attached hydrogens (tertiary/aromatic N) is 4. The van der Waals surface area contributed by atoms with E-state index >= 15 is 0 Å². The Kier molecular flexibility index (Phi) is 4.25. The number of aromatic nitrogens is 3. The SMILES string of the molecule is C=CC(=O)Nc1ncnc(N(C)C2CC2c2ccc(Cl)cc2)n1. The van der Waals surface area contributed by atoms with Crippen LogP contribution >= 0.6 is 11.6 Å². The van der Waals surface area contributed by atoms with Crippen LogP contribution in [0, 0.1) is 0 Å². The van der Waals surface area contributed by atoms with E-state index in [1.54, 1.807) is 0 Å². The van der Waals surface area contributed by atoms with Crippen molar-refractivity contribution in [1.82, 2.24) is 15.0 Å². The van der Waals surface area contributed by atoms with Crippen molar-refractivity contribution in [3.63, 3.8) is 0 Å². The lowest BCUT2D eigenvalue weighted by Gasteiger charge is -2.17. The summed E-state index contributed by atoms with van der Waals surface area (Å²) in [5.74, 6) is 0.826. The maximum atomic E-state index is 11.3. The molecule has 2 atom stereocenters. The number of nitrogens with one attached hydrogen (secondary N) is 1. The van der Waals surface area contributed by atoms with Crippen molar-refractivity contribution in [2.75, 3.05) is 17.3 Å². The molecule has 6 nitrogen and oxygen atoms in total. The van der Waals surface area contributed by atoms with Gasteiger partial charge in [0.1, 0.15) is 6.33 Å². The van der Waals surface area contributed by atoms with Crippen molar-refractivity contribution in [2.24, 2.45) is 0 Å². The smallest absolute Gasteiger partial charge is 0.250 e. The Morgan fingerprint density at radius 2 is 2.13 bits per heavy atom. The van der Waals surface area contributed by atoms with Crippen LogP contribution in [-0.2, 0) is 4.79 Å². The number of hydrogen-bond acceptors (Lipinski definition) is 5. The lowest BCUT2D eigenvalue weighted by molar-refractivity contribution is -0.111. The summed E-state index contributed by atoms with van der Waals surface area (Å²) in [7, 11) is 1.94. The molecule has 1 aromatic carbocycles. The van der Waals surface area contributed by atoms with Gasteiger partial charge in [0, 0.05) is 24.0 Å². The Hall–Kier alpha value is -2.47. The molecule has 7 heteroatoms. The number of benzene rings is 1. The lowest BCUT2D eigenvalue weighted by Crippen LogP contribution is -2.24. The first kappa shape index (κ1) is 15.4. The van der Waals surface area contributed by atoms with Crippen LogP contribution in [0.25, 0.3) is 0 Å². The normalized spacial score (nSPS) is 19.0. The zero-order chi connectivity index (χ0) is 16.4. The zero-order valence-corrected chi connectivity index (χ0v) is 13.4. The first-order valence-corrected chi connectivity index (χ1v) is 7.57. The van der Waals surface area contributed by atoms with Crippen LogP contribution in [0.2, 0.25) is 5.02 Å². The van der Waals surface area contributed by atoms with E-state index in [9.17, 15) is 4.79 Å². The fourth-order valence-corrected chi connectivity index (χ4v) is 2.63. The first-order chi connectivity index (χ1) is 11.1. The van der Waals surface area contributed by atoms with Crippen molar-refractivity contribution >= 4 is 29.4 Å². The minimum absolute atomic E-state index is 0.218. The molecule has 2 aromatic rings. The molecule has 1 aliphatic carbocycles. The predicted molar refractivity (Wildman–Crippen MR) is 89.7 cm³/mol. The summed E-state index contributed by atoms with van der Waals surface area (Å²) < 4.78 is 0. The molecule has 1 N–H and O–H groups in total. The highest BCUT2D eigenvalue weighted by Crippen LogP contribution is 2.45. The van der Waals surface area contributed by atoms with Crippen LogP contribution in [0.15, 0.2) is 43.2 Å². The number of amides is 1. The number of rotatable bonds is 5. The molecule has 1 heterocycles. The Morgan fingerprint density at radius 3 is 2.83 bits per heavy atom. The van der Waals surface area contributed by atoms with Gasteiger partial charge in [0.15, 0.2) is 0 Å². The first-order valence-electron chi connectivity index (χ1n) is 7.19. The third kappa shape index (κ3) is 3.48. The number of anilines is 2. The molecule has 1 aliphatic rings. The summed E-state index contributed by atoms with van der Waals surface area (Å²) in [6.07, 6.45) is 3.58. The molecule has 23 heavy (non-hydrogen) atoms. The van der Waals surface area contributed by atoms with Gasteiger partial charge < -0.3 is 4.90 Å². The standard InChI is InChI=1S/C16H16ClN5O/c1-3-14(23)20-15-18-9-19-16(21-15)22(2)13-8-12(13)10-4-6-11(17)7-5-10/h3-7,9,12-13H,1,8H2,2H3,(H,18,19,20,21,23). The van der Waals surface area contributed by atoms with Gasteiger partial charge in [0.05, 0.1) is 0 Å². The van der Waals surface area contributed by atoms with E-state index in [1.807, 2.05) is 36.2 Å². The van der Waals surface area contributed by atoms with E-state index in [1.165, 1.54) is 18.0 Å². The van der Waals surface area contributed by atoms with Gasteiger partial charge in [0.25, 0.3) is 0 Å². The Labute approximate surface area is 139 Å². The third-order valence-electron chi connectivity index (χ3n) is 3.85. The number of hydrogen-bond donors (Lipinski definition) is 1. The van der Waals surface area contributed by atoms with Gasteiger partial charge in [-0.05, 0) is 30.2 Å². The maximum Gasteiger partial charge on any atom is 0.250 e. The number of likely N-dealkylation sites (N-methyl/N-ethyl adjacent to an activating group) is 1. The summed E-state index contributed by atoms with van der Waals surface area (Å²) >= 11 is 5.92. The van der Waals surface area contributed by atoms with Gasteiger partial charge in [-0.2, -0.15) is 4.98 Å². The quantitative estimate of drug-likeness (QED) is 0.854. The molecule has 118 valence electrons. The van der Waals surface area contributed by atoms with Crippen molar-refractivity contribution in [3.8, 4) is 0 Å². The van der Waals surface area contributed by atoms with E-state index in [2.05, 4.69) is 26.8 Å². The molecule has 0 spiro atoms. The molecule has 1 aromatic heterocycles. The van der Waals surface area contributed by atoms with E-state index < -0.39 is 0 Å². The summed E-state index contributed by atoms with van der Waals surface area (Å²) in [6, 6.07) is 8.21. The van der Waals surface area contributed by atoms with Gasteiger partial charge in [-0.15, -0.1) is 0 Å². The number of carbonyl (C=O) groups excluding carboxylic acids is 1.